The third-order valence-corrected chi connectivity index (χ3v) is 6.16. The monoisotopic (exact) mass is 413 g/mol. The zero-order valence-corrected chi connectivity index (χ0v) is 17.1. The number of hydrogen-bond acceptors (Lipinski definition) is 8. The Morgan fingerprint density at radius 3 is 2.55 bits per heavy atom. The van der Waals surface area contributed by atoms with E-state index in [1.807, 2.05) is 23.7 Å². The first-order chi connectivity index (χ1) is 14.2. The zero-order chi connectivity index (χ0) is 19.6. The minimum Gasteiger partial charge on any atom is -0.454 e. The zero-order valence-electron chi connectivity index (χ0n) is 16.3. The minimum atomic E-state index is 0.322. The smallest absolute Gasteiger partial charge is 0.231 e. The quantitative estimate of drug-likeness (QED) is 0.611. The molecule has 8 nitrogen and oxygen atoms in total. The van der Waals surface area contributed by atoms with E-state index >= 15 is 0 Å². The molecule has 3 aromatic rings. The van der Waals surface area contributed by atoms with Gasteiger partial charge in [0, 0.05) is 39.8 Å². The molecule has 4 heterocycles. The summed E-state index contributed by atoms with van der Waals surface area (Å²) in [6.07, 6.45) is 1.69. The maximum atomic E-state index is 5.98. The van der Waals surface area contributed by atoms with Crippen molar-refractivity contribution in [3.8, 4) is 11.5 Å². The molecule has 0 amide bonds. The number of nitrogens with zero attached hydrogens (tertiary/aromatic N) is 5. The van der Waals surface area contributed by atoms with Gasteiger partial charge < -0.3 is 18.5 Å². The van der Waals surface area contributed by atoms with Gasteiger partial charge in [-0.15, -0.1) is 10.2 Å². The van der Waals surface area contributed by atoms with E-state index in [0.29, 0.717) is 6.79 Å². The summed E-state index contributed by atoms with van der Waals surface area (Å²) in [7, 11) is 1.93. The minimum absolute atomic E-state index is 0.322. The number of aromatic nitrogens is 3. The Kier molecular flexibility index (Phi) is 5.17. The third kappa shape index (κ3) is 4.26. The topological polar surface area (TPSA) is 68.8 Å². The van der Waals surface area contributed by atoms with Crippen LogP contribution in [0.3, 0.4) is 0 Å². The summed E-state index contributed by atoms with van der Waals surface area (Å²) in [6.45, 7) is 6.21. The standard InChI is InChI=1S/C20H23N5O3S/c1-23-13-21-22-20(23)29-19-5-3-16(28-19)12-25-8-6-24(7-9-25)11-15-2-4-17-18(10-15)27-14-26-17/h2-5,10,13H,6-9,11-12,14H2,1H3. The van der Waals surface area contributed by atoms with Crippen LogP contribution < -0.4 is 9.47 Å². The first kappa shape index (κ1) is 18.5. The number of ether oxygens (including phenoxy) is 2. The van der Waals surface area contributed by atoms with Gasteiger partial charge in [-0.3, -0.25) is 9.80 Å². The number of benzene rings is 1. The summed E-state index contributed by atoms with van der Waals surface area (Å²) in [5.41, 5.74) is 1.26. The third-order valence-electron chi connectivity index (χ3n) is 5.19. The lowest BCUT2D eigenvalue weighted by Crippen LogP contribution is -2.45. The van der Waals surface area contributed by atoms with Gasteiger partial charge >= 0.3 is 0 Å². The van der Waals surface area contributed by atoms with E-state index in [1.54, 1.807) is 6.33 Å². The van der Waals surface area contributed by atoms with E-state index in [2.05, 4.69) is 38.2 Å². The Labute approximate surface area is 173 Å². The second-order valence-corrected chi connectivity index (χ2v) is 8.26. The molecule has 0 aliphatic carbocycles. The number of rotatable bonds is 6. The number of aryl methyl sites for hydroxylation is 1. The molecule has 9 heteroatoms. The van der Waals surface area contributed by atoms with Crippen LogP contribution in [0.25, 0.3) is 0 Å². The van der Waals surface area contributed by atoms with Gasteiger partial charge in [0.1, 0.15) is 12.1 Å². The van der Waals surface area contributed by atoms with Crippen molar-refractivity contribution in [2.24, 2.45) is 7.05 Å². The molecule has 0 radical (unpaired) electrons. The van der Waals surface area contributed by atoms with Gasteiger partial charge in [0.05, 0.1) is 6.54 Å². The second-order valence-electron chi connectivity index (χ2n) is 7.29. The Bertz CT molecular complexity index is 980. The Morgan fingerprint density at radius 2 is 1.76 bits per heavy atom. The van der Waals surface area contributed by atoms with Gasteiger partial charge in [-0.05, 0) is 41.6 Å². The molecule has 1 aromatic carbocycles. The van der Waals surface area contributed by atoms with Crippen LogP contribution in [0.2, 0.25) is 0 Å². The lowest BCUT2D eigenvalue weighted by molar-refractivity contribution is 0.114. The fourth-order valence-corrected chi connectivity index (χ4v) is 4.32. The average Bonchev–Trinajstić information content (AvgIpc) is 3.46. The Morgan fingerprint density at radius 1 is 0.966 bits per heavy atom. The normalized spacial score (nSPS) is 17.1. The van der Waals surface area contributed by atoms with Gasteiger partial charge in [-0.25, -0.2) is 0 Å². The van der Waals surface area contributed by atoms with Crippen LogP contribution in [-0.2, 0) is 20.1 Å². The molecule has 0 atom stereocenters. The highest BCUT2D eigenvalue weighted by Gasteiger charge is 2.20. The van der Waals surface area contributed by atoms with Crippen molar-refractivity contribution in [1.82, 2.24) is 24.6 Å². The van der Waals surface area contributed by atoms with Gasteiger partial charge in [-0.1, -0.05) is 6.07 Å². The lowest BCUT2D eigenvalue weighted by atomic mass is 10.1. The molecule has 0 N–H and O–H groups in total. The molecule has 1 fully saturated rings. The second kappa shape index (κ2) is 8.10. The van der Waals surface area contributed by atoms with Crippen molar-refractivity contribution in [2.45, 2.75) is 23.3 Å². The number of fused-ring (bicyclic) bond motifs is 1. The first-order valence-electron chi connectivity index (χ1n) is 9.67. The molecule has 0 spiro atoms. The maximum absolute atomic E-state index is 5.98. The molecule has 2 aliphatic heterocycles. The van der Waals surface area contributed by atoms with E-state index in [1.165, 1.54) is 17.3 Å². The highest BCUT2D eigenvalue weighted by molar-refractivity contribution is 7.99. The van der Waals surface area contributed by atoms with Gasteiger partial charge in [0.2, 0.25) is 6.79 Å². The predicted molar refractivity (Wildman–Crippen MR) is 107 cm³/mol. The lowest BCUT2D eigenvalue weighted by Gasteiger charge is -2.34. The summed E-state index contributed by atoms with van der Waals surface area (Å²) in [5, 5.41) is 9.65. The molecule has 0 unspecified atom stereocenters. The average molecular weight is 414 g/mol. The van der Waals surface area contributed by atoms with Crippen LogP contribution in [0.4, 0.5) is 0 Å². The summed E-state index contributed by atoms with van der Waals surface area (Å²) < 4.78 is 18.7. The largest absolute Gasteiger partial charge is 0.454 e. The van der Waals surface area contributed by atoms with Crippen LogP contribution in [0.15, 0.2) is 51.3 Å². The molecule has 2 aromatic heterocycles. The van der Waals surface area contributed by atoms with Crippen LogP contribution >= 0.6 is 11.8 Å². The highest BCUT2D eigenvalue weighted by Crippen LogP contribution is 2.33. The molecule has 1 saturated heterocycles. The summed E-state index contributed by atoms with van der Waals surface area (Å²) in [4.78, 5) is 4.91. The van der Waals surface area contributed by atoms with Gasteiger partial charge in [0.25, 0.3) is 0 Å². The maximum Gasteiger partial charge on any atom is 0.231 e. The molecule has 0 bridgehead atoms. The van der Waals surface area contributed by atoms with Gasteiger partial charge in [-0.2, -0.15) is 0 Å². The highest BCUT2D eigenvalue weighted by atomic mass is 32.2. The van der Waals surface area contributed by atoms with Crippen molar-refractivity contribution >= 4 is 11.8 Å². The summed E-state index contributed by atoms with van der Waals surface area (Å²) in [5.74, 6) is 2.68. The van der Waals surface area contributed by atoms with E-state index < -0.39 is 0 Å². The van der Waals surface area contributed by atoms with Crippen molar-refractivity contribution in [3.63, 3.8) is 0 Å². The van der Waals surface area contributed by atoms with E-state index in [0.717, 1.165) is 66.8 Å². The number of furan rings is 1. The van der Waals surface area contributed by atoms with E-state index in [-0.39, 0.29) is 0 Å². The molecule has 5 rings (SSSR count). The fraction of sp³-hybridized carbons (Fsp3) is 0.400. The molecule has 0 saturated carbocycles. The number of piperazine rings is 1. The van der Waals surface area contributed by atoms with Crippen molar-refractivity contribution in [3.05, 3.63) is 48.0 Å². The fourth-order valence-electron chi connectivity index (χ4n) is 3.58. The van der Waals surface area contributed by atoms with Crippen molar-refractivity contribution < 1.29 is 13.9 Å². The summed E-state index contributed by atoms with van der Waals surface area (Å²) in [6, 6.07) is 10.3. The van der Waals surface area contributed by atoms with E-state index in [9.17, 15) is 0 Å². The molecular weight excluding hydrogens is 390 g/mol. The SMILES string of the molecule is Cn1cnnc1Sc1ccc(CN2CCN(Cc3ccc4c(c3)OCO4)CC2)o1. The van der Waals surface area contributed by atoms with Crippen molar-refractivity contribution in [2.75, 3.05) is 33.0 Å². The number of hydrogen-bond donors (Lipinski definition) is 0. The molecular formula is C20H23N5O3S. The van der Waals surface area contributed by atoms with E-state index in [4.69, 9.17) is 13.9 Å². The molecule has 29 heavy (non-hydrogen) atoms. The van der Waals surface area contributed by atoms with Crippen LogP contribution in [0, 0.1) is 0 Å². The van der Waals surface area contributed by atoms with Crippen molar-refractivity contribution in [1.29, 1.82) is 0 Å². The first-order valence-corrected chi connectivity index (χ1v) is 10.5. The molecule has 2 aliphatic rings. The van der Waals surface area contributed by atoms with Gasteiger partial charge in [0.15, 0.2) is 21.7 Å². The van der Waals surface area contributed by atoms with Crippen LogP contribution in [-0.4, -0.2) is 57.5 Å². The molecule has 152 valence electrons. The predicted octanol–water partition coefficient (Wildman–Crippen LogP) is 2.61. The van der Waals surface area contributed by atoms with Crippen LogP contribution in [0.5, 0.6) is 11.5 Å². The Balaban J connectivity index is 1.11. The summed E-state index contributed by atoms with van der Waals surface area (Å²) >= 11 is 1.49. The van der Waals surface area contributed by atoms with Crippen LogP contribution in [0.1, 0.15) is 11.3 Å². The Hall–Kier alpha value is -2.49.